The lowest BCUT2D eigenvalue weighted by atomic mass is 9.74. The molecule has 1 heterocycles. The summed E-state index contributed by atoms with van der Waals surface area (Å²) in [6.07, 6.45) is 3.68. The minimum Gasteiger partial charge on any atom is -0.480 e. The first-order valence-electron chi connectivity index (χ1n) is 11.6. The molecule has 0 spiro atoms. The lowest BCUT2D eigenvalue weighted by Gasteiger charge is -2.42. The van der Waals surface area contributed by atoms with Crippen LogP contribution in [0.4, 0.5) is 10.5 Å². The van der Waals surface area contributed by atoms with E-state index in [-0.39, 0.29) is 5.92 Å². The Kier molecular flexibility index (Phi) is 6.86. The van der Waals surface area contributed by atoms with Crippen LogP contribution in [0.25, 0.3) is 0 Å². The van der Waals surface area contributed by atoms with Gasteiger partial charge in [-0.15, -0.1) is 0 Å². The van der Waals surface area contributed by atoms with Crippen molar-refractivity contribution in [3.05, 3.63) is 29.8 Å². The quantitative estimate of drug-likeness (QED) is 0.644. The number of carboxylic acids is 1. The first kappa shape index (κ1) is 24.1. The average Bonchev–Trinajstić information content (AvgIpc) is 2.97. The van der Waals surface area contributed by atoms with Gasteiger partial charge in [0.05, 0.1) is 5.69 Å². The number of anilines is 1. The van der Waals surface area contributed by atoms with Gasteiger partial charge in [0.25, 0.3) is 0 Å². The summed E-state index contributed by atoms with van der Waals surface area (Å²) in [6, 6.07) is 6.47. The first-order valence-corrected chi connectivity index (χ1v) is 11.6. The van der Waals surface area contributed by atoms with E-state index in [2.05, 4.69) is 5.32 Å². The van der Waals surface area contributed by atoms with Gasteiger partial charge in [-0.2, -0.15) is 0 Å². The van der Waals surface area contributed by atoms with Gasteiger partial charge in [-0.1, -0.05) is 51.3 Å². The van der Waals surface area contributed by atoms with Crippen LogP contribution >= 0.6 is 0 Å². The number of carbonyl (C=O) groups is 3. The summed E-state index contributed by atoms with van der Waals surface area (Å²) < 4.78 is 5.72. The summed E-state index contributed by atoms with van der Waals surface area (Å²) in [5.41, 5.74) is -0.383. The summed E-state index contributed by atoms with van der Waals surface area (Å²) in [6.45, 7) is 9.23. The zero-order valence-corrected chi connectivity index (χ0v) is 19.8. The molecule has 2 aliphatic rings. The van der Waals surface area contributed by atoms with E-state index in [1.165, 1.54) is 4.90 Å². The third-order valence-corrected chi connectivity index (χ3v) is 6.30. The summed E-state index contributed by atoms with van der Waals surface area (Å²) in [4.78, 5) is 40.7. The first-order chi connectivity index (χ1) is 14.9. The zero-order chi connectivity index (χ0) is 23.7. The summed E-state index contributed by atoms with van der Waals surface area (Å²) in [5, 5.41) is 12.5. The predicted molar refractivity (Wildman–Crippen MR) is 123 cm³/mol. The molecule has 7 heteroatoms. The van der Waals surface area contributed by atoms with E-state index in [4.69, 9.17) is 4.74 Å². The molecule has 1 aliphatic heterocycles. The molecule has 2 N–H and O–H groups in total. The van der Waals surface area contributed by atoms with Gasteiger partial charge in [0.2, 0.25) is 5.91 Å². The molecule has 2 amide bonds. The number of nitrogens with one attached hydrogen (secondary N) is 1. The molecule has 176 valence electrons. The molecule has 3 rings (SSSR count). The number of rotatable bonds is 7. The standard InChI is InChI=1S/C25H36N2O5/c1-16(2)13-19(21(28)29)26-22(30)25(14-17-9-8-10-17)15-18-11-6-7-12-20(18)27(25)23(31)32-24(3,4)5/h6-7,11-12,16-17,19H,8-10,13-15H2,1-5H3,(H,26,30)(H,28,29)/t19-,25?/m0/s1. The number of fused-ring (bicyclic) bond motifs is 1. The number of benzene rings is 1. The Morgan fingerprint density at radius 3 is 2.41 bits per heavy atom. The number of carboxylic acid groups (broad SMARTS) is 1. The van der Waals surface area contributed by atoms with Gasteiger partial charge in [0.15, 0.2) is 0 Å². The number of para-hydroxylation sites is 1. The fraction of sp³-hybridized carbons (Fsp3) is 0.640. The maximum absolute atomic E-state index is 13.9. The van der Waals surface area contributed by atoms with Gasteiger partial charge in [-0.05, 0) is 57.1 Å². The molecular weight excluding hydrogens is 408 g/mol. The Balaban J connectivity index is 2.03. The van der Waals surface area contributed by atoms with E-state index < -0.39 is 35.2 Å². The molecule has 1 saturated carbocycles. The lowest BCUT2D eigenvalue weighted by Crippen LogP contribution is -2.63. The van der Waals surface area contributed by atoms with E-state index in [9.17, 15) is 19.5 Å². The van der Waals surface area contributed by atoms with Gasteiger partial charge >= 0.3 is 12.1 Å². The van der Waals surface area contributed by atoms with E-state index >= 15 is 0 Å². The number of amides is 2. The van der Waals surface area contributed by atoms with Crippen LogP contribution in [0.15, 0.2) is 24.3 Å². The Labute approximate surface area is 190 Å². The number of ether oxygens (including phenoxy) is 1. The molecule has 1 unspecified atom stereocenters. The maximum Gasteiger partial charge on any atom is 0.415 e. The van der Waals surface area contributed by atoms with E-state index in [0.29, 0.717) is 30.9 Å². The molecule has 0 saturated heterocycles. The van der Waals surface area contributed by atoms with Crippen molar-refractivity contribution in [2.24, 2.45) is 11.8 Å². The topological polar surface area (TPSA) is 95.9 Å². The predicted octanol–water partition coefficient (Wildman–Crippen LogP) is 4.53. The van der Waals surface area contributed by atoms with E-state index in [1.807, 2.05) is 38.1 Å². The normalized spacial score (nSPS) is 21.6. The molecule has 2 atom stereocenters. The van der Waals surface area contributed by atoms with Crippen LogP contribution in [0.1, 0.15) is 72.3 Å². The number of hydrogen-bond acceptors (Lipinski definition) is 4. The fourth-order valence-electron chi connectivity index (χ4n) is 4.68. The van der Waals surface area contributed by atoms with Gasteiger partial charge in [-0.3, -0.25) is 9.69 Å². The Morgan fingerprint density at radius 1 is 1.22 bits per heavy atom. The van der Waals surface area contributed by atoms with Crippen LogP contribution in [0.3, 0.4) is 0 Å². The highest BCUT2D eigenvalue weighted by Gasteiger charge is 2.55. The minimum absolute atomic E-state index is 0.0988. The van der Waals surface area contributed by atoms with Crippen molar-refractivity contribution in [1.82, 2.24) is 5.32 Å². The molecule has 0 aromatic heterocycles. The van der Waals surface area contributed by atoms with Crippen molar-refractivity contribution in [3.8, 4) is 0 Å². The third-order valence-electron chi connectivity index (χ3n) is 6.30. The molecule has 1 fully saturated rings. The maximum atomic E-state index is 13.9. The molecule has 1 aromatic rings. The monoisotopic (exact) mass is 444 g/mol. The second-order valence-electron chi connectivity index (χ2n) is 10.6. The van der Waals surface area contributed by atoms with Crippen LogP contribution in [-0.4, -0.2) is 40.3 Å². The van der Waals surface area contributed by atoms with Gasteiger partial charge in [0, 0.05) is 6.42 Å². The summed E-state index contributed by atoms with van der Waals surface area (Å²) in [5.74, 6) is -1.07. The van der Waals surface area contributed by atoms with Crippen molar-refractivity contribution in [1.29, 1.82) is 0 Å². The molecule has 1 aromatic carbocycles. The fourth-order valence-corrected chi connectivity index (χ4v) is 4.68. The lowest BCUT2D eigenvalue weighted by molar-refractivity contribution is -0.143. The van der Waals surface area contributed by atoms with Crippen molar-refractivity contribution in [3.63, 3.8) is 0 Å². The van der Waals surface area contributed by atoms with Crippen molar-refractivity contribution < 1.29 is 24.2 Å². The largest absolute Gasteiger partial charge is 0.480 e. The molecule has 1 aliphatic carbocycles. The molecule has 7 nitrogen and oxygen atoms in total. The Morgan fingerprint density at radius 2 is 1.88 bits per heavy atom. The summed E-state index contributed by atoms with van der Waals surface area (Å²) >= 11 is 0. The van der Waals surface area contributed by atoms with Crippen molar-refractivity contribution >= 4 is 23.7 Å². The van der Waals surface area contributed by atoms with Crippen molar-refractivity contribution in [2.75, 3.05) is 4.90 Å². The second-order valence-corrected chi connectivity index (χ2v) is 10.6. The highest BCUT2D eigenvalue weighted by molar-refractivity contribution is 6.04. The molecule has 0 radical (unpaired) electrons. The Bertz CT molecular complexity index is 871. The average molecular weight is 445 g/mol. The van der Waals surface area contributed by atoms with Crippen molar-refractivity contribution in [2.45, 2.75) is 90.3 Å². The van der Waals surface area contributed by atoms with Gasteiger partial charge in [0.1, 0.15) is 17.2 Å². The number of aliphatic carboxylic acids is 1. The van der Waals surface area contributed by atoms with Crippen LogP contribution in [0.5, 0.6) is 0 Å². The highest BCUT2D eigenvalue weighted by Crippen LogP contribution is 2.46. The SMILES string of the molecule is CC(C)C[C@H](NC(=O)C1(CC2CCC2)Cc2ccccc2N1C(=O)OC(C)(C)C)C(=O)O. The van der Waals surface area contributed by atoms with Crippen LogP contribution in [0.2, 0.25) is 0 Å². The molecule has 0 bridgehead atoms. The third kappa shape index (κ3) is 5.08. The Hall–Kier alpha value is -2.57. The number of nitrogens with zero attached hydrogens (tertiary/aromatic N) is 1. The van der Waals surface area contributed by atoms with Gasteiger partial charge in [-0.25, -0.2) is 9.59 Å². The second kappa shape index (κ2) is 9.12. The zero-order valence-electron chi connectivity index (χ0n) is 19.8. The molecule has 32 heavy (non-hydrogen) atoms. The summed E-state index contributed by atoms with van der Waals surface area (Å²) in [7, 11) is 0. The van der Waals surface area contributed by atoms with E-state index in [1.54, 1.807) is 20.8 Å². The smallest absolute Gasteiger partial charge is 0.415 e. The van der Waals surface area contributed by atoms with Crippen LogP contribution in [-0.2, 0) is 20.7 Å². The minimum atomic E-state index is -1.21. The molecular formula is C25H36N2O5. The van der Waals surface area contributed by atoms with Crippen LogP contribution < -0.4 is 10.2 Å². The highest BCUT2D eigenvalue weighted by atomic mass is 16.6. The van der Waals surface area contributed by atoms with Gasteiger partial charge < -0.3 is 15.2 Å². The number of carbonyl (C=O) groups excluding carboxylic acids is 2. The number of hydrogen-bond donors (Lipinski definition) is 2. The van der Waals surface area contributed by atoms with Crippen LogP contribution in [0, 0.1) is 11.8 Å². The van der Waals surface area contributed by atoms with E-state index in [0.717, 1.165) is 24.8 Å².